The van der Waals surface area contributed by atoms with Gasteiger partial charge in [-0.1, -0.05) is 0 Å². The Hall–Kier alpha value is -1.54. The Morgan fingerprint density at radius 3 is 2.95 bits per heavy atom. The van der Waals surface area contributed by atoms with E-state index in [4.69, 9.17) is 0 Å². The van der Waals surface area contributed by atoms with Gasteiger partial charge in [-0.25, -0.2) is 4.98 Å². The highest BCUT2D eigenvalue weighted by atomic mass is 32.1. The van der Waals surface area contributed by atoms with Crippen molar-refractivity contribution in [3.63, 3.8) is 0 Å². The van der Waals surface area contributed by atoms with Crippen molar-refractivity contribution in [1.29, 1.82) is 0 Å². The lowest BCUT2D eigenvalue weighted by molar-refractivity contribution is -0.0498. The van der Waals surface area contributed by atoms with Crippen LogP contribution in [0.2, 0.25) is 0 Å². The van der Waals surface area contributed by atoms with E-state index in [1.807, 2.05) is 12.3 Å². The molecular weight excluding hydrogens is 306 g/mol. The first-order chi connectivity index (χ1) is 9.56. The topological polar surface area (TPSA) is 51.2 Å². The lowest BCUT2D eigenvalue weighted by Crippen LogP contribution is -2.25. The number of rotatable bonds is 6. The van der Waals surface area contributed by atoms with Gasteiger partial charge in [0.1, 0.15) is 10.6 Å². The van der Waals surface area contributed by atoms with Crippen LogP contribution < -0.4 is 10.1 Å². The summed E-state index contributed by atoms with van der Waals surface area (Å²) in [5.74, 6) is -0.505. The van der Waals surface area contributed by atoms with Gasteiger partial charge in [0.2, 0.25) is 0 Å². The predicted octanol–water partition coefficient (Wildman–Crippen LogP) is 3.09. The minimum atomic E-state index is -2.94. The number of hydrogen-bond acceptors (Lipinski definition) is 5. The Balaban J connectivity index is 1.87. The summed E-state index contributed by atoms with van der Waals surface area (Å²) >= 11 is 2.61. The molecule has 8 heteroatoms. The molecule has 2 heterocycles. The number of amides is 1. The van der Waals surface area contributed by atoms with Gasteiger partial charge in [0, 0.05) is 18.3 Å². The number of thiazole rings is 1. The van der Waals surface area contributed by atoms with E-state index in [0.29, 0.717) is 13.0 Å². The molecule has 2 aromatic rings. The van der Waals surface area contributed by atoms with Crippen molar-refractivity contribution in [2.45, 2.75) is 20.0 Å². The van der Waals surface area contributed by atoms with Crippen molar-refractivity contribution in [3.05, 3.63) is 32.4 Å². The second kappa shape index (κ2) is 6.76. The summed E-state index contributed by atoms with van der Waals surface area (Å²) in [5, 5.41) is 7.10. The molecule has 0 radical (unpaired) electrons. The Bertz CT molecular complexity index is 584. The van der Waals surface area contributed by atoms with E-state index in [0.717, 1.165) is 22.0 Å². The Morgan fingerprint density at radius 2 is 2.30 bits per heavy atom. The van der Waals surface area contributed by atoms with E-state index in [-0.39, 0.29) is 10.6 Å². The molecule has 0 aliphatic rings. The first kappa shape index (κ1) is 14.9. The van der Waals surface area contributed by atoms with Gasteiger partial charge >= 0.3 is 6.61 Å². The predicted molar refractivity (Wildman–Crippen MR) is 73.8 cm³/mol. The molecule has 0 spiro atoms. The maximum absolute atomic E-state index is 12.2. The number of carbonyl (C=O) groups excluding carboxylic acids is 1. The van der Waals surface area contributed by atoms with Crippen molar-refractivity contribution in [2.75, 3.05) is 6.54 Å². The van der Waals surface area contributed by atoms with Gasteiger partial charge in [-0.2, -0.15) is 8.78 Å². The zero-order valence-corrected chi connectivity index (χ0v) is 12.2. The summed E-state index contributed by atoms with van der Waals surface area (Å²) in [6.45, 7) is -0.630. The summed E-state index contributed by atoms with van der Waals surface area (Å²) in [6.07, 6.45) is 0.604. The fourth-order valence-electron chi connectivity index (χ4n) is 1.56. The number of aryl methyl sites for hydroxylation is 1. The van der Waals surface area contributed by atoms with Crippen LogP contribution in [-0.2, 0) is 6.42 Å². The molecule has 0 fully saturated rings. The molecule has 0 aliphatic carbocycles. The van der Waals surface area contributed by atoms with Crippen LogP contribution >= 0.6 is 22.7 Å². The van der Waals surface area contributed by atoms with E-state index >= 15 is 0 Å². The summed E-state index contributed by atoms with van der Waals surface area (Å²) in [7, 11) is 0. The molecule has 2 aromatic heterocycles. The Morgan fingerprint density at radius 1 is 1.50 bits per heavy atom. The molecule has 0 aromatic carbocycles. The van der Waals surface area contributed by atoms with Crippen molar-refractivity contribution < 1.29 is 18.3 Å². The molecule has 0 saturated carbocycles. The van der Waals surface area contributed by atoms with Gasteiger partial charge in [-0.15, -0.1) is 22.7 Å². The summed E-state index contributed by atoms with van der Waals surface area (Å²) in [4.78, 5) is 16.3. The number of thiophene rings is 1. The maximum Gasteiger partial charge on any atom is 0.387 e. The molecule has 4 nitrogen and oxygen atoms in total. The van der Waals surface area contributed by atoms with Gasteiger partial charge < -0.3 is 10.1 Å². The van der Waals surface area contributed by atoms with E-state index in [9.17, 15) is 13.6 Å². The van der Waals surface area contributed by atoms with Gasteiger partial charge in [0.15, 0.2) is 0 Å². The smallest absolute Gasteiger partial charge is 0.387 e. The van der Waals surface area contributed by atoms with Crippen LogP contribution in [0.3, 0.4) is 0 Å². The average molecular weight is 318 g/mol. The largest absolute Gasteiger partial charge is 0.433 e. The molecule has 1 N–H and O–H groups in total. The standard InChI is InChI=1S/C12H12F2N2O2S2/c1-7-16-8(6-20-7)2-4-15-11(17)10-9(3-5-19-10)18-12(13)14/h3,5-6,12H,2,4H2,1H3,(H,15,17). The van der Waals surface area contributed by atoms with Crippen molar-refractivity contribution in [3.8, 4) is 5.75 Å². The number of ether oxygens (including phenoxy) is 1. The highest BCUT2D eigenvalue weighted by molar-refractivity contribution is 7.12. The Labute approximate surface area is 122 Å². The first-order valence-electron chi connectivity index (χ1n) is 5.78. The second-order valence-electron chi connectivity index (χ2n) is 3.86. The highest BCUT2D eigenvalue weighted by Gasteiger charge is 2.17. The lowest BCUT2D eigenvalue weighted by atomic mass is 10.3. The third-order valence-corrected chi connectivity index (χ3v) is 4.10. The molecular formula is C12H12F2N2O2S2. The average Bonchev–Trinajstić information content (AvgIpc) is 2.98. The number of aromatic nitrogens is 1. The minimum Gasteiger partial charge on any atom is -0.433 e. The number of alkyl halides is 2. The Kier molecular flexibility index (Phi) is 5.02. The van der Waals surface area contributed by atoms with Gasteiger partial charge in [0.05, 0.1) is 10.7 Å². The van der Waals surface area contributed by atoms with Crippen LogP contribution in [0, 0.1) is 6.92 Å². The number of nitrogens with one attached hydrogen (secondary N) is 1. The third kappa shape index (κ3) is 3.97. The monoisotopic (exact) mass is 318 g/mol. The molecule has 0 saturated heterocycles. The van der Waals surface area contributed by atoms with Crippen LogP contribution in [0.25, 0.3) is 0 Å². The molecule has 0 bridgehead atoms. The molecule has 2 rings (SSSR count). The zero-order valence-electron chi connectivity index (χ0n) is 10.6. The third-order valence-electron chi connectivity index (χ3n) is 2.38. The summed E-state index contributed by atoms with van der Waals surface area (Å²) < 4.78 is 28.6. The van der Waals surface area contributed by atoms with Gasteiger partial charge in [0.25, 0.3) is 5.91 Å². The number of halogens is 2. The zero-order chi connectivity index (χ0) is 14.5. The van der Waals surface area contributed by atoms with Crippen molar-refractivity contribution >= 4 is 28.6 Å². The molecule has 20 heavy (non-hydrogen) atoms. The van der Waals surface area contributed by atoms with Gasteiger partial charge in [-0.3, -0.25) is 4.79 Å². The summed E-state index contributed by atoms with van der Waals surface area (Å²) in [6, 6.07) is 1.36. The molecule has 0 aliphatic heterocycles. The van der Waals surface area contributed by atoms with E-state index < -0.39 is 12.5 Å². The van der Waals surface area contributed by atoms with Gasteiger partial charge in [-0.05, 0) is 18.4 Å². The highest BCUT2D eigenvalue weighted by Crippen LogP contribution is 2.26. The van der Waals surface area contributed by atoms with E-state index in [2.05, 4.69) is 15.0 Å². The number of carbonyl (C=O) groups is 1. The molecule has 1 amide bonds. The van der Waals surface area contributed by atoms with Crippen molar-refractivity contribution in [1.82, 2.24) is 10.3 Å². The fourth-order valence-corrected chi connectivity index (χ4v) is 2.95. The van der Waals surface area contributed by atoms with Crippen molar-refractivity contribution in [2.24, 2.45) is 0 Å². The van der Waals surface area contributed by atoms with Crippen LogP contribution in [0.15, 0.2) is 16.8 Å². The van der Waals surface area contributed by atoms with Crippen LogP contribution in [-0.4, -0.2) is 24.0 Å². The normalized spacial score (nSPS) is 10.8. The fraction of sp³-hybridized carbons (Fsp3) is 0.333. The minimum absolute atomic E-state index is 0.0907. The number of nitrogens with zero attached hydrogens (tertiary/aromatic N) is 1. The quantitative estimate of drug-likeness (QED) is 0.890. The SMILES string of the molecule is Cc1nc(CCNC(=O)c2sccc2OC(F)F)cs1. The molecule has 108 valence electrons. The maximum atomic E-state index is 12.2. The molecule has 0 atom stereocenters. The second-order valence-corrected chi connectivity index (χ2v) is 5.83. The van der Waals surface area contributed by atoms with E-state index in [1.165, 1.54) is 11.4 Å². The molecule has 0 unspecified atom stereocenters. The van der Waals surface area contributed by atoms with Crippen LogP contribution in [0.5, 0.6) is 5.75 Å². The van der Waals surface area contributed by atoms with Crippen LogP contribution in [0.1, 0.15) is 20.4 Å². The summed E-state index contributed by atoms with van der Waals surface area (Å²) in [5.41, 5.74) is 0.906. The lowest BCUT2D eigenvalue weighted by Gasteiger charge is -2.06. The van der Waals surface area contributed by atoms with E-state index in [1.54, 1.807) is 11.3 Å². The number of hydrogen-bond donors (Lipinski definition) is 1. The van der Waals surface area contributed by atoms with Crippen LogP contribution in [0.4, 0.5) is 8.78 Å². The first-order valence-corrected chi connectivity index (χ1v) is 7.53.